The third-order valence-electron chi connectivity index (χ3n) is 4.90. The second-order valence-corrected chi connectivity index (χ2v) is 8.68. The highest BCUT2D eigenvalue weighted by molar-refractivity contribution is 8.26. The number of hydrogen-bond donors (Lipinski definition) is 0. The lowest BCUT2D eigenvalue weighted by Gasteiger charge is -2.19. The molecule has 1 aromatic carbocycles. The van der Waals surface area contributed by atoms with Crippen molar-refractivity contribution in [2.75, 3.05) is 40.0 Å². The number of rotatable bonds is 12. The number of carbonyl (C=O) groups is 3. The largest absolute Gasteiger partial charge is 0.490 e. The topological polar surface area (TPSA) is 85.4 Å². The van der Waals surface area contributed by atoms with Crippen LogP contribution in [-0.2, 0) is 19.1 Å². The number of hydrogen-bond acceptors (Lipinski definition) is 8. The van der Waals surface area contributed by atoms with Crippen molar-refractivity contribution < 1.29 is 28.6 Å². The normalized spacial score (nSPS) is 14.5. The molecule has 1 heterocycles. The fourth-order valence-corrected chi connectivity index (χ4v) is 4.45. The monoisotopic (exact) mass is 494 g/mol. The highest BCUT2D eigenvalue weighted by Crippen LogP contribution is 2.35. The summed E-state index contributed by atoms with van der Waals surface area (Å²) in [6.07, 6.45) is 2.44. The summed E-state index contributed by atoms with van der Waals surface area (Å²) >= 11 is 6.55. The number of nitrogens with zero attached hydrogens (tertiary/aromatic N) is 2. The molecule has 0 saturated carbocycles. The van der Waals surface area contributed by atoms with E-state index < -0.39 is 0 Å². The van der Waals surface area contributed by atoms with E-state index in [4.69, 9.17) is 21.7 Å². The molecule has 2 amide bonds. The third kappa shape index (κ3) is 7.46. The van der Waals surface area contributed by atoms with E-state index in [1.165, 1.54) is 23.8 Å². The van der Waals surface area contributed by atoms with Gasteiger partial charge in [0, 0.05) is 26.1 Å². The van der Waals surface area contributed by atoms with Crippen LogP contribution in [0, 0.1) is 0 Å². The minimum atomic E-state index is -0.319. The number of amides is 2. The van der Waals surface area contributed by atoms with Gasteiger partial charge < -0.3 is 19.1 Å². The summed E-state index contributed by atoms with van der Waals surface area (Å²) in [5.74, 6) is 0.345. The van der Waals surface area contributed by atoms with Crippen LogP contribution in [0.4, 0.5) is 0 Å². The molecule has 0 atom stereocenters. The van der Waals surface area contributed by atoms with Gasteiger partial charge >= 0.3 is 5.97 Å². The molecule has 8 nitrogen and oxygen atoms in total. The summed E-state index contributed by atoms with van der Waals surface area (Å²) in [4.78, 5) is 40.0. The van der Waals surface area contributed by atoms with Gasteiger partial charge in [-0.1, -0.05) is 30.0 Å². The maximum absolute atomic E-state index is 12.8. The van der Waals surface area contributed by atoms with Crippen LogP contribution < -0.4 is 9.47 Å². The van der Waals surface area contributed by atoms with Crippen molar-refractivity contribution in [2.45, 2.75) is 33.6 Å². The molecule has 1 aliphatic heterocycles. The number of thioether (sulfide) groups is 1. The molecule has 0 radical (unpaired) electrons. The Morgan fingerprint density at radius 1 is 1.15 bits per heavy atom. The van der Waals surface area contributed by atoms with Gasteiger partial charge in [0.05, 0.1) is 18.6 Å². The molecule has 0 spiro atoms. The fraction of sp³-hybridized carbons (Fsp3) is 0.478. The second kappa shape index (κ2) is 13.2. The third-order valence-corrected chi connectivity index (χ3v) is 6.27. The Balaban J connectivity index is 2.11. The lowest BCUT2D eigenvalue weighted by molar-refractivity contribution is -0.141. The Morgan fingerprint density at radius 2 is 1.88 bits per heavy atom. The van der Waals surface area contributed by atoms with Crippen molar-refractivity contribution in [1.29, 1.82) is 0 Å². The van der Waals surface area contributed by atoms with Gasteiger partial charge in [-0.15, -0.1) is 0 Å². The zero-order valence-electron chi connectivity index (χ0n) is 19.4. The highest BCUT2D eigenvalue weighted by atomic mass is 32.2. The van der Waals surface area contributed by atoms with Crippen molar-refractivity contribution in [3.63, 3.8) is 0 Å². The molecule has 180 valence electrons. The molecule has 0 unspecified atom stereocenters. The van der Waals surface area contributed by atoms with Gasteiger partial charge in [0.25, 0.3) is 11.8 Å². The standard InChI is InChI=1S/C23H30N2O6S2/c1-5-24(6-2)20(26)15-31-17-11-10-16(13-18(17)30-7-3)14-19-22(28)25(23(32)33-19)12-8-9-21(27)29-4/h10-11,13-14H,5-9,12,15H2,1-4H3/b19-14+. The SMILES string of the molecule is CCOc1cc(/C=C2/SC(=S)N(CCCC(=O)OC)C2=O)ccc1OCC(=O)N(CC)CC. The molecule has 1 aromatic rings. The molecule has 0 N–H and O–H groups in total. The lowest BCUT2D eigenvalue weighted by Crippen LogP contribution is -2.34. The molecule has 0 bridgehead atoms. The van der Waals surface area contributed by atoms with Crippen molar-refractivity contribution in [1.82, 2.24) is 9.80 Å². The number of thiocarbonyl (C=S) groups is 1. The first-order valence-corrected chi connectivity index (χ1v) is 12.1. The summed E-state index contributed by atoms with van der Waals surface area (Å²) < 4.78 is 16.5. The van der Waals surface area contributed by atoms with E-state index in [2.05, 4.69) is 4.74 Å². The zero-order valence-corrected chi connectivity index (χ0v) is 21.1. The highest BCUT2D eigenvalue weighted by Gasteiger charge is 2.31. The maximum Gasteiger partial charge on any atom is 0.305 e. The van der Waals surface area contributed by atoms with Gasteiger partial charge in [-0.25, -0.2) is 0 Å². The van der Waals surface area contributed by atoms with Crippen LogP contribution >= 0.6 is 24.0 Å². The van der Waals surface area contributed by atoms with E-state index >= 15 is 0 Å². The van der Waals surface area contributed by atoms with Gasteiger partial charge in [0.15, 0.2) is 18.1 Å². The number of carbonyl (C=O) groups excluding carboxylic acids is 3. The van der Waals surface area contributed by atoms with Crippen molar-refractivity contribution in [3.05, 3.63) is 28.7 Å². The Hall–Kier alpha value is -2.59. The molecular formula is C23H30N2O6S2. The fourth-order valence-electron chi connectivity index (χ4n) is 3.14. The molecule has 1 aliphatic rings. The molecular weight excluding hydrogens is 464 g/mol. The van der Waals surface area contributed by atoms with Gasteiger partial charge in [-0.2, -0.15) is 0 Å². The molecule has 2 rings (SSSR count). The van der Waals surface area contributed by atoms with Crippen LogP contribution in [0.25, 0.3) is 6.08 Å². The summed E-state index contributed by atoms with van der Waals surface area (Å²) in [5.41, 5.74) is 0.746. The average molecular weight is 495 g/mol. The predicted octanol–water partition coefficient (Wildman–Crippen LogP) is 3.49. The zero-order chi connectivity index (χ0) is 24.4. The van der Waals surface area contributed by atoms with Crippen molar-refractivity contribution in [2.24, 2.45) is 0 Å². The first-order chi connectivity index (χ1) is 15.8. The van der Waals surface area contributed by atoms with Crippen LogP contribution in [0.2, 0.25) is 0 Å². The van der Waals surface area contributed by atoms with Crippen molar-refractivity contribution in [3.8, 4) is 11.5 Å². The van der Waals surface area contributed by atoms with Crippen LogP contribution in [-0.4, -0.2) is 71.9 Å². The van der Waals surface area contributed by atoms with Crippen LogP contribution in [0.1, 0.15) is 39.2 Å². The second-order valence-electron chi connectivity index (χ2n) is 7.01. The molecule has 10 heteroatoms. The van der Waals surface area contributed by atoms with Crippen LogP contribution in [0.3, 0.4) is 0 Å². The maximum atomic E-state index is 12.8. The molecule has 0 aromatic heterocycles. The van der Waals surface area contributed by atoms with Crippen LogP contribution in [0.15, 0.2) is 23.1 Å². The minimum Gasteiger partial charge on any atom is -0.490 e. The number of ether oxygens (including phenoxy) is 3. The van der Waals surface area contributed by atoms with Gasteiger partial charge in [0.1, 0.15) is 4.32 Å². The lowest BCUT2D eigenvalue weighted by atomic mass is 10.2. The average Bonchev–Trinajstić information content (AvgIpc) is 3.06. The molecule has 0 aliphatic carbocycles. The van der Waals surface area contributed by atoms with E-state index in [0.717, 1.165) is 5.56 Å². The number of benzene rings is 1. The van der Waals surface area contributed by atoms with E-state index in [9.17, 15) is 14.4 Å². The molecule has 1 fully saturated rings. The van der Waals surface area contributed by atoms with Crippen molar-refractivity contribution >= 4 is 52.2 Å². The summed E-state index contributed by atoms with van der Waals surface area (Å²) in [6, 6.07) is 5.29. The van der Waals surface area contributed by atoms with E-state index in [0.29, 0.717) is 53.4 Å². The molecule has 33 heavy (non-hydrogen) atoms. The van der Waals surface area contributed by atoms with E-state index in [-0.39, 0.29) is 30.8 Å². The Kier molecular flexibility index (Phi) is 10.7. The smallest absolute Gasteiger partial charge is 0.305 e. The first-order valence-electron chi connectivity index (χ1n) is 10.8. The summed E-state index contributed by atoms with van der Waals surface area (Å²) in [7, 11) is 1.33. The molecule has 1 saturated heterocycles. The van der Waals surface area contributed by atoms with E-state index in [1.54, 1.807) is 29.2 Å². The quantitative estimate of drug-likeness (QED) is 0.248. The summed E-state index contributed by atoms with van der Waals surface area (Å²) in [5, 5.41) is 0. The number of likely N-dealkylation sites (N-methyl/N-ethyl adjacent to an activating group) is 1. The van der Waals surface area contributed by atoms with Gasteiger partial charge in [-0.3, -0.25) is 19.3 Å². The number of methoxy groups -OCH3 is 1. The Labute approximate surface area is 204 Å². The summed E-state index contributed by atoms with van der Waals surface area (Å²) in [6.45, 7) is 7.64. The predicted molar refractivity (Wildman–Crippen MR) is 132 cm³/mol. The number of esters is 1. The minimum absolute atomic E-state index is 0.0780. The Morgan fingerprint density at radius 3 is 2.52 bits per heavy atom. The van der Waals surface area contributed by atoms with Crippen LogP contribution in [0.5, 0.6) is 11.5 Å². The van der Waals surface area contributed by atoms with Gasteiger partial charge in [0.2, 0.25) is 0 Å². The van der Waals surface area contributed by atoms with Gasteiger partial charge in [-0.05, 0) is 51.0 Å². The van der Waals surface area contributed by atoms with E-state index in [1.807, 2.05) is 20.8 Å². The first kappa shape index (κ1) is 26.7. The Bertz CT molecular complexity index is 914.